The second-order valence-corrected chi connectivity index (χ2v) is 4.17. The lowest BCUT2D eigenvalue weighted by Gasteiger charge is -2.07. The van der Waals surface area contributed by atoms with E-state index >= 15 is 0 Å². The maximum Gasteiger partial charge on any atom is 0.234 e. The average molecular weight is 266 g/mol. The smallest absolute Gasteiger partial charge is 0.234 e. The summed E-state index contributed by atoms with van der Waals surface area (Å²) in [7, 11) is 0. The van der Waals surface area contributed by atoms with E-state index < -0.39 is 0 Å². The number of para-hydroxylation sites is 1. The van der Waals surface area contributed by atoms with E-state index in [0.29, 0.717) is 6.54 Å². The first-order valence-electron chi connectivity index (χ1n) is 6.23. The molecule has 0 bridgehead atoms. The lowest BCUT2D eigenvalue weighted by molar-refractivity contribution is -0.120. The normalized spacial score (nSPS) is 9.55. The van der Waals surface area contributed by atoms with E-state index in [1.807, 2.05) is 60.7 Å². The number of nitrogens with one attached hydrogen (secondary N) is 1. The van der Waals surface area contributed by atoms with Crippen LogP contribution in [0.4, 0.5) is 0 Å². The van der Waals surface area contributed by atoms with E-state index in [1.165, 1.54) is 0 Å². The zero-order valence-corrected chi connectivity index (χ0v) is 10.9. The van der Waals surface area contributed by atoms with Crippen LogP contribution in [-0.4, -0.2) is 5.91 Å². The van der Waals surface area contributed by atoms with Gasteiger partial charge in [-0.2, -0.15) is 5.26 Å². The first-order chi connectivity index (χ1) is 9.78. The van der Waals surface area contributed by atoms with Crippen molar-refractivity contribution >= 4 is 5.91 Å². The van der Waals surface area contributed by atoms with E-state index in [2.05, 4.69) is 5.32 Å². The highest BCUT2D eigenvalue weighted by Crippen LogP contribution is 2.20. The molecule has 0 radical (unpaired) electrons. The van der Waals surface area contributed by atoms with Gasteiger partial charge in [0.1, 0.15) is 17.9 Å². The molecule has 0 aromatic heterocycles. The Balaban J connectivity index is 1.90. The number of benzene rings is 2. The molecule has 0 saturated carbocycles. The second-order valence-electron chi connectivity index (χ2n) is 4.17. The predicted molar refractivity (Wildman–Crippen MR) is 75.0 cm³/mol. The average Bonchev–Trinajstić information content (AvgIpc) is 2.48. The molecule has 0 aliphatic rings. The Kier molecular flexibility index (Phi) is 4.74. The predicted octanol–water partition coefficient (Wildman–Crippen LogP) is 3.01. The van der Waals surface area contributed by atoms with Crippen molar-refractivity contribution in [3.8, 4) is 17.6 Å². The maximum atomic E-state index is 11.2. The number of nitrogens with zero attached hydrogens (tertiary/aromatic N) is 1. The van der Waals surface area contributed by atoms with Gasteiger partial charge in [-0.05, 0) is 29.8 Å². The van der Waals surface area contributed by atoms with Crippen molar-refractivity contribution in [1.29, 1.82) is 5.26 Å². The monoisotopic (exact) mass is 266 g/mol. The molecule has 0 aliphatic heterocycles. The minimum Gasteiger partial charge on any atom is -0.457 e. The Morgan fingerprint density at radius 1 is 1.05 bits per heavy atom. The van der Waals surface area contributed by atoms with Gasteiger partial charge in [-0.1, -0.05) is 30.3 Å². The number of amides is 1. The number of hydrogen-bond acceptors (Lipinski definition) is 3. The van der Waals surface area contributed by atoms with E-state index in [-0.39, 0.29) is 12.3 Å². The van der Waals surface area contributed by atoms with Gasteiger partial charge in [-0.25, -0.2) is 0 Å². The van der Waals surface area contributed by atoms with Crippen LogP contribution in [0.2, 0.25) is 0 Å². The van der Waals surface area contributed by atoms with Gasteiger partial charge in [0.2, 0.25) is 5.91 Å². The minimum atomic E-state index is -0.267. The third kappa shape index (κ3) is 4.14. The summed E-state index contributed by atoms with van der Waals surface area (Å²) in [6.07, 6.45) is -0.116. The molecule has 0 fully saturated rings. The van der Waals surface area contributed by atoms with Gasteiger partial charge >= 0.3 is 0 Å². The second kappa shape index (κ2) is 6.95. The maximum absolute atomic E-state index is 11.2. The Morgan fingerprint density at radius 2 is 1.70 bits per heavy atom. The molecule has 20 heavy (non-hydrogen) atoms. The van der Waals surface area contributed by atoms with Crippen LogP contribution in [0.5, 0.6) is 11.5 Å². The molecule has 0 aliphatic carbocycles. The topological polar surface area (TPSA) is 62.1 Å². The van der Waals surface area contributed by atoms with E-state index in [9.17, 15) is 4.79 Å². The number of carbonyl (C=O) groups is 1. The molecule has 0 saturated heterocycles. The lowest BCUT2D eigenvalue weighted by Crippen LogP contribution is -2.21. The summed E-state index contributed by atoms with van der Waals surface area (Å²) >= 11 is 0. The molecular formula is C16H14N2O2. The molecular weight excluding hydrogens is 252 g/mol. The van der Waals surface area contributed by atoms with Crippen LogP contribution in [0.1, 0.15) is 12.0 Å². The molecule has 0 atom stereocenters. The van der Waals surface area contributed by atoms with Gasteiger partial charge in [-0.3, -0.25) is 4.79 Å². The minimum absolute atomic E-state index is 0.116. The molecule has 0 heterocycles. The van der Waals surface area contributed by atoms with Crippen molar-refractivity contribution in [2.75, 3.05) is 0 Å². The summed E-state index contributed by atoms with van der Waals surface area (Å²) < 4.78 is 5.67. The summed E-state index contributed by atoms with van der Waals surface area (Å²) in [4.78, 5) is 11.2. The fraction of sp³-hybridized carbons (Fsp3) is 0.125. The zero-order valence-electron chi connectivity index (χ0n) is 10.9. The SMILES string of the molecule is N#CCC(=O)NCc1ccc(Oc2ccccc2)cc1. The number of hydrogen-bond donors (Lipinski definition) is 1. The molecule has 2 rings (SSSR count). The van der Waals surface area contributed by atoms with E-state index in [0.717, 1.165) is 17.1 Å². The van der Waals surface area contributed by atoms with Crippen LogP contribution >= 0.6 is 0 Å². The fourth-order valence-corrected chi connectivity index (χ4v) is 1.63. The molecule has 1 N–H and O–H groups in total. The first kappa shape index (κ1) is 13.6. The Bertz CT molecular complexity index is 601. The number of ether oxygens (including phenoxy) is 1. The lowest BCUT2D eigenvalue weighted by atomic mass is 10.2. The van der Waals surface area contributed by atoms with Gasteiger partial charge in [0.15, 0.2) is 0 Å². The standard InChI is InChI=1S/C16H14N2O2/c17-11-10-16(19)18-12-13-6-8-15(9-7-13)20-14-4-2-1-3-5-14/h1-9H,10,12H2,(H,18,19). The van der Waals surface area contributed by atoms with Gasteiger partial charge < -0.3 is 10.1 Å². The third-order valence-electron chi connectivity index (χ3n) is 2.63. The molecule has 1 amide bonds. The molecule has 100 valence electrons. The molecule has 2 aromatic rings. The van der Waals surface area contributed by atoms with Crippen molar-refractivity contribution in [1.82, 2.24) is 5.32 Å². The van der Waals surface area contributed by atoms with E-state index in [1.54, 1.807) is 0 Å². The van der Waals surface area contributed by atoms with E-state index in [4.69, 9.17) is 10.00 Å². The highest BCUT2D eigenvalue weighted by Gasteiger charge is 2.01. The van der Waals surface area contributed by atoms with Gasteiger partial charge in [0, 0.05) is 6.54 Å². The van der Waals surface area contributed by atoms with Crippen molar-refractivity contribution < 1.29 is 9.53 Å². The van der Waals surface area contributed by atoms with Crippen molar-refractivity contribution in [3.05, 3.63) is 60.2 Å². The Morgan fingerprint density at radius 3 is 2.35 bits per heavy atom. The van der Waals surface area contributed by atoms with Crippen LogP contribution in [0, 0.1) is 11.3 Å². The number of rotatable bonds is 5. The van der Waals surface area contributed by atoms with Crippen LogP contribution < -0.4 is 10.1 Å². The van der Waals surface area contributed by atoms with Gasteiger partial charge in [0.25, 0.3) is 0 Å². The highest BCUT2D eigenvalue weighted by molar-refractivity contribution is 5.77. The summed E-state index contributed by atoms with van der Waals surface area (Å²) in [6.45, 7) is 0.409. The molecule has 0 spiro atoms. The first-order valence-corrected chi connectivity index (χ1v) is 6.23. The number of carbonyl (C=O) groups excluding carboxylic acids is 1. The van der Waals surface area contributed by atoms with Crippen LogP contribution in [0.25, 0.3) is 0 Å². The molecule has 4 heteroatoms. The Hall–Kier alpha value is -2.80. The van der Waals surface area contributed by atoms with Gasteiger partial charge in [-0.15, -0.1) is 0 Å². The van der Waals surface area contributed by atoms with Crippen molar-refractivity contribution in [2.24, 2.45) is 0 Å². The van der Waals surface area contributed by atoms with Crippen molar-refractivity contribution in [2.45, 2.75) is 13.0 Å². The summed E-state index contributed by atoms with van der Waals surface area (Å²) in [5.74, 6) is 1.25. The zero-order chi connectivity index (χ0) is 14.2. The van der Waals surface area contributed by atoms with Crippen LogP contribution in [0.3, 0.4) is 0 Å². The van der Waals surface area contributed by atoms with Crippen LogP contribution in [-0.2, 0) is 11.3 Å². The summed E-state index contributed by atoms with van der Waals surface area (Å²) in [5, 5.41) is 11.0. The largest absolute Gasteiger partial charge is 0.457 e. The highest BCUT2D eigenvalue weighted by atomic mass is 16.5. The summed E-state index contributed by atoms with van der Waals surface area (Å²) in [5.41, 5.74) is 0.955. The molecule has 4 nitrogen and oxygen atoms in total. The van der Waals surface area contributed by atoms with Crippen LogP contribution in [0.15, 0.2) is 54.6 Å². The Labute approximate surface area is 117 Å². The third-order valence-corrected chi connectivity index (χ3v) is 2.63. The quantitative estimate of drug-likeness (QED) is 0.904. The molecule has 0 unspecified atom stereocenters. The van der Waals surface area contributed by atoms with Gasteiger partial charge in [0.05, 0.1) is 6.07 Å². The fourth-order valence-electron chi connectivity index (χ4n) is 1.63. The molecule has 2 aromatic carbocycles. The van der Waals surface area contributed by atoms with Crippen molar-refractivity contribution in [3.63, 3.8) is 0 Å². The summed E-state index contributed by atoms with van der Waals surface area (Å²) in [6, 6.07) is 18.8. The number of nitriles is 1.